The molecule has 110 valence electrons. The van der Waals surface area contributed by atoms with Gasteiger partial charge in [-0.05, 0) is 13.0 Å². The summed E-state index contributed by atoms with van der Waals surface area (Å²) in [6, 6.07) is 2.19. The Labute approximate surface area is 121 Å². The molecule has 0 aromatic heterocycles. The van der Waals surface area contributed by atoms with Crippen molar-refractivity contribution in [3.05, 3.63) is 22.7 Å². The average Bonchev–Trinajstić information content (AvgIpc) is 2.38. The average molecular weight is 302 g/mol. The summed E-state index contributed by atoms with van der Waals surface area (Å²) in [5.41, 5.74) is 11.1. The fraction of sp³-hybridized carbons (Fsp3) is 0.333. The number of halogens is 1. The van der Waals surface area contributed by atoms with Crippen molar-refractivity contribution >= 4 is 23.5 Å². The fourth-order valence-electron chi connectivity index (χ4n) is 1.51. The van der Waals surface area contributed by atoms with Crippen LogP contribution in [0.5, 0.6) is 11.5 Å². The first-order chi connectivity index (χ1) is 9.38. The summed E-state index contributed by atoms with van der Waals surface area (Å²) >= 11 is 5.92. The van der Waals surface area contributed by atoms with Crippen molar-refractivity contribution in [1.29, 1.82) is 0 Å². The molecule has 3 amide bonds. The highest BCUT2D eigenvalue weighted by Gasteiger charge is 2.20. The number of primary amides is 1. The van der Waals surface area contributed by atoms with Gasteiger partial charge >= 0.3 is 6.03 Å². The SMILES string of the molecule is COc1cc(Cl)cc(CN)c1OC(C)C(=O)NC(N)=O. The van der Waals surface area contributed by atoms with E-state index in [4.69, 9.17) is 32.5 Å². The van der Waals surface area contributed by atoms with E-state index >= 15 is 0 Å². The fourth-order valence-corrected chi connectivity index (χ4v) is 1.74. The molecule has 0 saturated carbocycles. The molecule has 0 heterocycles. The van der Waals surface area contributed by atoms with Gasteiger partial charge in [0.1, 0.15) is 0 Å². The van der Waals surface area contributed by atoms with Crippen LogP contribution in [-0.4, -0.2) is 25.2 Å². The molecule has 7 nitrogen and oxygen atoms in total. The number of urea groups is 1. The van der Waals surface area contributed by atoms with Gasteiger partial charge in [0.15, 0.2) is 17.6 Å². The van der Waals surface area contributed by atoms with Gasteiger partial charge in [-0.3, -0.25) is 10.1 Å². The number of methoxy groups -OCH3 is 1. The van der Waals surface area contributed by atoms with Crippen molar-refractivity contribution in [2.24, 2.45) is 11.5 Å². The highest BCUT2D eigenvalue weighted by Crippen LogP contribution is 2.35. The minimum absolute atomic E-state index is 0.149. The maximum Gasteiger partial charge on any atom is 0.318 e. The molecular formula is C12H16ClN3O4. The molecule has 1 atom stereocenters. The molecule has 1 rings (SSSR count). The standard InChI is InChI=1S/C12H16ClN3O4/c1-6(11(17)16-12(15)18)20-10-7(5-14)3-8(13)4-9(10)19-2/h3-4,6H,5,14H2,1-2H3,(H3,15,16,17,18). The van der Waals surface area contributed by atoms with E-state index in [2.05, 4.69) is 0 Å². The van der Waals surface area contributed by atoms with Gasteiger partial charge in [-0.1, -0.05) is 11.6 Å². The Morgan fingerprint density at radius 3 is 2.60 bits per heavy atom. The molecule has 0 saturated heterocycles. The maximum absolute atomic E-state index is 11.6. The van der Waals surface area contributed by atoms with Gasteiger partial charge in [-0.2, -0.15) is 0 Å². The summed E-state index contributed by atoms with van der Waals surface area (Å²) in [5, 5.41) is 2.36. The van der Waals surface area contributed by atoms with E-state index in [1.807, 2.05) is 5.32 Å². The molecule has 0 fully saturated rings. The third-order valence-corrected chi connectivity index (χ3v) is 2.66. The second kappa shape index (κ2) is 6.97. The Hall–Kier alpha value is -1.99. The van der Waals surface area contributed by atoms with Crippen LogP contribution in [0.25, 0.3) is 0 Å². The lowest BCUT2D eigenvalue weighted by Crippen LogP contribution is -2.42. The second-order valence-electron chi connectivity index (χ2n) is 3.91. The van der Waals surface area contributed by atoms with Crippen LogP contribution in [-0.2, 0) is 11.3 Å². The number of nitrogens with one attached hydrogen (secondary N) is 1. The van der Waals surface area contributed by atoms with Crippen molar-refractivity contribution in [2.45, 2.75) is 19.6 Å². The number of hydrogen-bond acceptors (Lipinski definition) is 5. The van der Waals surface area contributed by atoms with Gasteiger partial charge in [0.2, 0.25) is 0 Å². The molecule has 5 N–H and O–H groups in total. The van der Waals surface area contributed by atoms with E-state index in [0.717, 1.165) is 0 Å². The Morgan fingerprint density at radius 1 is 1.45 bits per heavy atom. The van der Waals surface area contributed by atoms with E-state index in [9.17, 15) is 9.59 Å². The van der Waals surface area contributed by atoms with Gasteiger partial charge in [0.05, 0.1) is 7.11 Å². The molecule has 0 aliphatic rings. The third-order valence-electron chi connectivity index (χ3n) is 2.45. The third kappa shape index (κ3) is 4.01. The van der Waals surface area contributed by atoms with Crippen LogP contribution in [0.2, 0.25) is 5.02 Å². The Morgan fingerprint density at radius 2 is 2.10 bits per heavy atom. The highest BCUT2D eigenvalue weighted by atomic mass is 35.5. The highest BCUT2D eigenvalue weighted by molar-refractivity contribution is 6.30. The van der Waals surface area contributed by atoms with E-state index < -0.39 is 18.0 Å². The van der Waals surface area contributed by atoms with Crippen LogP contribution < -0.4 is 26.3 Å². The van der Waals surface area contributed by atoms with Gasteiger partial charge in [-0.15, -0.1) is 0 Å². The summed E-state index contributed by atoms with van der Waals surface area (Å²) in [5.74, 6) is -0.0272. The lowest BCUT2D eigenvalue weighted by Gasteiger charge is -2.18. The molecule has 0 aliphatic heterocycles. The van der Waals surface area contributed by atoms with Gasteiger partial charge in [0.25, 0.3) is 5.91 Å². The van der Waals surface area contributed by atoms with Crippen molar-refractivity contribution < 1.29 is 19.1 Å². The number of carbonyl (C=O) groups is 2. The Bertz CT molecular complexity index is 496. The number of amides is 3. The second-order valence-corrected chi connectivity index (χ2v) is 4.35. The number of carbonyl (C=O) groups excluding carboxylic acids is 2. The van der Waals surface area contributed by atoms with Crippen molar-refractivity contribution in [3.8, 4) is 11.5 Å². The van der Waals surface area contributed by atoms with Crippen LogP contribution in [0.4, 0.5) is 4.79 Å². The summed E-state index contributed by atoms with van der Waals surface area (Å²) in [6.45, 7) is 1.61. The number of rotatable bonds is 5. The normalized spacial score (nSPS) is 11.6. The van der Waals surface area contributed by atoms with Crippen molar-refractivity contribution in [1.82, 2.24) is 5.32 Å². The number of nitrogens with two attached hydrogens (primary N) is 2. The van der Waals surface area contributed by atoms with Crippen LogP contribution in [0.3, 0.4) is 0 Å². The zero-order valence-corrected chi connectivity index (χ0v) is 11.9. The van der Waals surface area contributed by atoms with Gasteiger partial charge in [0, 0.05) is 23.2 Å². The monoisotopic (exact) mass is 301 g/mol. The zero-order chi connectivity index (χ0) is 15.3. The van der Waals surface area contributed by atoms with Gasteiger partial charge in [-0.25, -0.2) is 4.79 Å². The topological polar surface area (TPSA) is 117 Å². The minimum Gasteiger partial charge on any atom is -0.493 e. The summed E-state index contributed by atoms with van der Waals surface area (Å²) in [7, 11) is 1.44. The Balaban J connectivity index is 3.01. The minimum atomic E-state index is -0.956. The molecular weight excluding hydrogens is 286 g/mol. The zero-order valence-electron chi connectivity index (χ0n) is 11.1. The van der Waals surface area contributed by atoms with Gasteiger partial charge < -0.3 is 20.9 Å². The first-order valence-corrected chi connectivity index (χ1v) is 6.10. The molecule has 1 unspecified atom stereocenters. The van der Waals surface area contributed by atoms with Crippen LogP contribution in [0.1, 0.15) is 12.5 Å². The first kappa shape index (κ1) is 16.1. The van der Waals surface area contributed by atoms with Crippen molar-refractivity contribution in [3.63, 3.8) is 0 Å². The lowest BCUT2D eigenvalue weighted by atomic mass is 10.2. The quantitative estimate of drug-likeness (QED) is 0.742. The summed E-state index contributed by atoms with van der Waals surface area (Å²) < 4.78 is 10.6. The number of imide groups is 1. The molecule has 1 aromatic rings. The largest absolute Gasteiger partial charge is 0.493 e. The number of hydrogen-bond donors (Lipinski definition) is 3. The van der Waals surface area contributed by atoms with E-state index in [0.29, 0.717) is 22.1 Å². The van der Waals surface area contributed by atoms with E-state index in [-0.39, 0.29) is 6.54 Å². The van der Waals surface area contributed by atoms with Crippen LogP contribution >= 0.6 is 11.6 Å². The number of ether oxygens (including phenoxy) is 2. The molecule has 0 spiro atoms. The van der Waals surface area contributed by atoms with Crippen LogP contribution in [0.15, 0.2) is 12.1 Å². The molecule has 1 aromatic carbocycles. The lowest BCUT2D eigenvalue weighted by molar-refractivity contribution is -0.126. The van der Waals surface area contributed by atoms with Crippen molar-refractivity contribution in [2.75, 3.05) is 7.11 Å². The summed E-state index contributed by atoms with van der Waals surface area (Å²) in [4.78, 5) is 22.2. The molecule has 0 aliphatic carbocycles. The molecule has 0 bridgehead atoms. The molecule has 0 radical (unpaired) electrons. The predicted molar refractivity (Wildman–Crippen MR) is 73.7 cm³/mol. The predicted octanol–water partition coefficient (Wildman–Crippen LogP) is 0.769. The first-order valence-electron chi connectivity index (χ1n) is 5.72. The van der Waals surface area contributed by atoms with E-state index in [1.165, 1.54) is 20.1 Å². The molecule has 20 heavy (non-hydrogen) atoms. The van der Waals surface area contributed by atoms with Crippen LogP contribution in [0, 0.1) is 0 Å². The Kier molecular flexibility index (Phi) is 5.60. The van der Waals surface area contributed by atoms with E-state index in [1.54, 1.807) is 6.07 Å². The maximum atomic E-state index is 11.6. The summed E-state index contributed by atoms with van der Waals surface area (Å²) in [6.07, 6.45) is -0.956. The molecule has 8 heteroatoms. The smallest absolute Gasteiger partial charge is 0.318 e. The number of benzene rings is 1.